The smallest absolute Gasteiger partial charge is 0.409 e. The summed E-state index contributed by atoms with van der Waals surface area (Å²) in [5, 5.41) is 3.34. The highest BCUT2D eigenvalue weighted by molar-refractivity contribution is 7.84. The number of carbonyl (C=O) groups is 1. The molecule has 0 aliphatic rings. The topological polar surface area (TPSA) is 116 Å². The molecule has 1 amide bonds. The summed E-state index contributed by atoms with van der Waals surface area (Å²) in [5.41, 5.74) is -5.61. The van der Waals surface area contributed by atoms with Crippen LogP contribution in [0.25, 0.3) is 0 Å². The van der Waals surface area contributed by atoms with Crippen molar-refractivity contribution in [1.82, 2.24) is 14.9 Å². The van der Waals surface area contributed by atoms with Gasteiger partial charge in [-0.1, -0.05) is 17.3 Å². The summed E-state index contributed by atoms with van der Waals surface area (Å²) in [4.78, 5) is 19.6. The molecule has 0 saturated heterocycles. The summed E-state index contributed by atoms with van der Waals surface area (Å²) >= 11 is 0. The third-order valence-electron chi connectivity index (χ3n) is 2.64. The third kappa shape index (κ3) is 5.10. The normalized spacial score (nSPS) is 13.3. The number of halogens is 3. The molecule has 1 N–H and O–H groups in total. The Labute approximate surface area is 146 Å². The molecule has 0 spiro atoms. The Morgan fingerprint density at radius 1 is 1.38 bits per heavy atom. The van der Waals surface area contributed by atoms with E-state index in [-0.39, 0.29) is 24.1 Å². The molecule has 1 heterocycles. The lowest BCUT2D eigenvalue weighted by atomic mass is 10.1. The molecule has 1 aromatic carbocycles. The number of nitrogens with zero attached hydrogens (tertiary/aromatic N) is 3. The number of hydrogen-bond acceptors (Lipinski definition) is 8. The molecule has 2 aromatic rings. The van der Waals surface area contributed by atoms with Crippen LogP contribution in [-0.4, -0.2) is 45.3 Å². The van der Waals surface area contributed by atoms with E-state index in [1.165, 1.54) is 36.1 Å². The van der Waals surface area contributed by atoms with Crippen LogP contribution in [-0.2, 0) is 20.5 Å². The highest BCUT2D eigenvalue weighted by Gasteiger charge is 2.39. The zero-order valence-corrected chi connectivity index (χ0v) is 13.8. The van der Waals surface area contributed by atoms with Crippen molar-refractivity contribution in [1.29, 1.82) is 0 Å². The van der Waals surface area contributed by atoms with Crippen LogP contribution in [0.2, 0.25) is 0 Å². The quantitative estimate of drug-likeness (QED) is 0.711. The Bertz CT molecular complexity index is 810. The maximum atomic E-state index is 12.4. The summed E-state index contributed by atoms with van der Waals surface area (Å²) in [7, 11) is -2.34. The first-order chi connectivity index (χ1) is 12.3. The van der Waals surface area contributed by atoms with Crippen molar-refractivity contribution in [3.63, 3.8) is 0 Å². The SMILES string of the molecule is COC/N=C(/C(=O)NS(=O)C(F)(F)F)c1ccccc1Oc1ncno1. The van der Waals surface area contributed by atoms with Gasteiger partial charge in [0.2, 0.25) is 11.0 Å². The Morgan fingerprint density at radius 2 is 2.12 bits per heavy atom. The van der Waals surface area contributed by atoms with Gasteiger partial charge in [0.15, 0.2) is 6.33 Å². The number of methoxy groups -OCH3 is 1. The first-order valence-electron chi connectivity index (χ1n) is 6.70. The fourth-order valence-electron chi connectivity index (χ4n) is 1.65. The monoisotopic (exact) mass is 392 g/mol. The van der Waals surface area contributed by atoms with Gasteiger partial charge in [-0.05, 0) is 12.1 Å². The van der Waals surface area contributed by atoms with Crippen molar-refractivity contribution in [3.05, 3.63) is 36.2 Å². The molecule has 13 heteroatoms. The van der Waals surface area contributed by atoms with Crippen LogP contribution in [0.3, 0.4) is 0 Å². The van der Waals surface area contributed by atoms with E-state index in [2.05, 4.69) is 19.7 Å². The standard InChI is InChI=1S/C13H11F3N4O5S/c1-23-7-18-10(11(21)20-26(22)13(14,15)16)8-4-2-3-5-9(8)24-12-17-6-19-25-12/h2-6H,7H2,1H3,(H,20,21)/b18-10+. The van der Waals surface area contributed by atoms with Crippen LogP contribution in [0.15, 0.2) is 40.1 Å². The van der Waals surface area contributed by atoms with Crippen LogP contribution in [0.4, 0.5) is 13.2 Å². The zero-order chi connectivity index (χ0) is 19.2. The number of benzene rings is 1. The number of carbonyl (C=O) groups excluding carboxylic acids is 1. The molecule has 1 aromatic heterocycles. The lowest BCUT2D eigenvalue weighted by molar-refractivity contribution is -0.113. The molecule has 0 radical (unpaired) electrons. The Kier molecular flexibility index (Phi) is 6.41. The fourth-order valence-corrected chi connectivity index (χ4v) is 2.03. The van der Waals surface area contributed by atoms with Crippen LogP contribution in [0.5, 0.6) is 11.8 Å². The average molecular weight is 392 g/mol. The Morgan fingerprint density at radius 3 is 2.73 bits per heavy atom. The number of amides is 1. The van der Waals surface area contributed by atoms with Gasteiger partial charge in [-0.25, -0.2) is 4.21 Å². The van der Waals surface area contributed by atoms with E-state index in [1.54, 1.807) is 0 Å². The van der Waals surface area contributed by atoms with E-state index in [1.807, 2.05) is 0 Å². The highest BCUT2D eigenvalue weighted by Crippen LogP contribution is 2.25. The maximum Gasteiger partial charge on any atom is 0.490 e. The zero-order valence-electron chi connectivity index (χ0n) is 13.0. The lowest BCUT2D eigenvalue weighted by Crippen LogP contribution is -2.39. The molecule has 2 rings (SSSR count). The second-order valence-corrected chi connectivity index (χ2v) is 5.58. The van der Waals surface area contributed by atoms with E-state index in [0.29, 0.717) is 0 Å². The number of nitrogens with one attached hydrogen (secondary N) is 1. The molecule has 0 aliphatic carbocycles. The molecule has 0 aliphatic heterocycles. The predicted molar refractivity (Wildman–Crippen MR) is 81.6 cm³/mol. The molecule has 1 unspecified atom stereocenters. The molecular weight excluding hydrogens is 381 g/mol. The minimum atomic E-state index is -5.12. The van der Waals surface area contributed by atoms with Gasteiger partial charge in [-0.15, -0.1) is 0 Å². The average Bonchev–Trinajstić information content (AvgIpc) is 3.08. The molecular formula is C13H11F3N4O5S. The minimum absolute atomic E-state index is 0.000422. The van der Waals surface area contributed by atoms with E-state index in [0.717, 1.165) is 6.33 Å². The van der Waals surface area contributed by atoms with Crippen molar-refractivity contribution in [2.24, 2.45) is 4.99 Å². The number of para-hydroxylation sites is 1. The number of alkyl halides is 3. The van der Waals surface area contributed by atoms with Gasteiger partial charge >= 0.3 is 11.6 Å². The molecule has 26 heavy (non-hydrogen) atoms. The van der Waals surface area contributed by atoms with E-state index < -0.39 is 28.1 Å². The minimum Gasteiger partial charge on any atom is -0.409 e. The summed E-state index contributed by atoms with van der Waals surface area (Å²) < 4.78 is 64.4. The summed E-state index contributed by atoms with van der Waals surface area (Å²) in [5.74, 6) is -1.33. The van der Waals surface area contributed by atoms with Crippen LogP contribution in [0, 0.1) is 0 Å². The molecule has 0 saturated carbocycles. The largest absolute Gasteiger partial charge is 0.490 e. The number of ether oxygens (including phenoxy) is 2. The number of aromatic nitrogens is 2. The maximum absolute atomic E-state index is 12.4. The molecule has 0 fully saturated rings. The van der Waals surface area contributed by atoms with Crippen molar-refractivity contribution in [2.75, 3.05) is 13.8 Å². The van der Waals surface area contributed by atoms with Crippen LogP contribution in [0.1, 0.15) is 5.56 Å². The highest BCUT2D eigenvalue weighted by atomic mass is 32.2. The first-order valence-corrected chi connectivity index (χ1v) is 7.84. The fraction of sp³-hybridized carbons (Fsp3) is 0.231. The number of aliphatic imine (C=N–C) groups is 1. The van der Waals surface area contributed by atoms with Gasteiger partial charge in [0.1, 0.15) is 18.2 Å². The van der Waals surface area contributed by atoms with Gasteiger partial charge in [-0.3, -0.25) is 19.0 Å². The van der Waals surface area contributed by atoms with Gasteiger partial charge in [0, 0.05) is 12.7 Å². The first kappa shape index (κ1) is 19.5. The number of rotatable bonds is 7. The van der Waals surface area contributed by atoms with Crippen molar-refractivity contribution in [3.8, 4) is 11.8 Å². The molecule has 140 valence electrons. The van der Waals surface area contributed by atoms with Gasteiger partial charge < -0.3 is 9.47 Å². The second-order valence-electron chi connectivity index (χ2n) is 4.38. The molecule has 9 nitrogen and oxygen atoms in total. The van der Waals surface area contributed by atoms with Crippen molar-refractivity contribution >= 4 is 22.6 Å². The molecule has 0 bridgehead atoms. The van der Waals surface area contributed by atoms with Crippen molar-refractivity contribution < 1.29 is 36.2 Å². The second kappa shape index (κ2) is 8.53. The van der Waals surface area contributed by atoms with Crippen LogP contribution < -0.4 is 9.46 Å². The molecule has 1 atom stereocenters. The number of hydrogen-bond donors (Lipinski definition) is 1. The van der Waals surface area contributed by atoms with E-state index >= 15 is 0 Å². The van der Waals surface area contributed by atoms with E-state index in [9.17, 15) is 22.2 Å². The van der Waals surface area contributed by atoms with Gasteiger partial charge in [0.05, 0.1) is 0 Å². The van der Waals surface area contributed by atoms with E-state index in [4.69, 9.17) is 9.47 Å². The van der Waals surface area contributed by atoms with Gasteiger partial charge in [-0.2, -0.15) is 18.2 Å². The Hall–Kier alpha value is -2.80. The predicted octanol–water partition coefficient (Wildman–Crippen LogP) is 1.55. The third-order valence-corrected chi connectivity index (χ3v) is 3.43. The van der Waals surface area contributed by atoms with Crippen molar-refractivity contribution in [2.45, 2.75) is 5.51 Å². The Balaban J connectivity index is 2.35. The summed E-state index contributed by atoms with van der Waals surface area (Å²) in [6.45, 7) is -0.337. The lowest BCUT2D eigenvalue weighted by Gasteiger charge is -2.12. The summed E-state index contributed by atoms with van der Waals surface area (Å²) in [6, 6.07) is 5.79. The van der Waals surface area contributed by atoms with Gasteiger partial charge in [0.25, 0.3) is 5.91 Å². The summed E-state index contributed by atoms with van der Waals surface area (Å²) in [6.07, 6.45) is 0.805. The van der Waals surface area contributed by atoms with Crippen LogP contribution >= 0.6 is 0 Å².